The van der Waals surface area contributed by atoms with Crippen LogP contribution in [0.2, 0.25) is 0 Å². The molecule has 23 heavy (non-hydrogen) atoms. The van der Waals surface area contributed by atoms with Crippen LogP contribution in [0.1, 0.15) is 34.9 Å². The van der Waals surface area contributed by atoms with Gasteiger partial charge in [-0.1, -0.05) is 26.0 Å². The fraction of sp³-hybridized carbons (Fsp3) is 0.375. The Morgan fingerprint density at radius 3 is 2.52 bits per heavy atom. The van der Waals surface area contributed by atoms with E-state index < -0.39 is 0 Å². The number of amides is 1. The summed E-state index contributed by atoms with van der Waals surface area (Å²) >= 11 is 1.40. The van der Waals surface area contributed by atoms with Crippen molar-refractivity contribution in [2.45, 2.75) is 25.8 Å². The Morgan fingerprint density at radius 1 is 1.35 bits per heavy atom. The molecule has 2 rings (SSSR count). The monoisotopic (exact) mass is 355 g/mol. The standard InChI is InChI=1S/C16H21N3O2S.ClH/c1-16(2,11-4-6-12(21-3)7-5-11)10-18-15(20)13-9-22-14(8-17)19-13;/h4-7,9H,8,10,17H2,1-3H3,(H,18,20);1H. The predicted molar refractivity (Wildman–Crippen MR) is 95.6 cm³/mol. The number of carbonyl (C=O) groups is 1. The second kappa shape index (κ2) is 8.29. The van der Waals surface area contributed by atoms with E-state index in [0.29, 0.717) is 18.8 Å². The zero-order valence-corrected chi connectivity index (χ0v) is 15.1. The highest BCUT2D eigenvalue weighted by Gasteiger charge is 2.22. The number of thiazole rings is 1. The molecule has 5 nitrogen and oxygen atoms in total. The average molecular weight is 356 g/mol. The fourth-order valence-corrected chi connectivity index (χ4v) is 2.70. The second-order valence-corrected chi connectivity index (χ2v) is 6.57. The molecule has 0 spiro atoms. The first-order chi connectivity index (χ1) is 10.5. The molecule has 1 amide bonds. The van der Waals surface area contributed by atoms with Gasteiger partial charge >= 0.3 is 0 Å². The summed E-state index contributed by atoms with van der Waals surface area (Å²) in [6, 6.07) is 7.88. The van der Waals surface area contributed by atoms with E-state index in [2.05, 4.69) is 24.1 Å². The van der Waals surface area contributed by atoms with Crippen molar-refractivity contribution in [2.24, 2.45) is 5.73 Å². The molecular formula is C16H22ClN3O2S. The molecule has 126 valence electrons. The van der Waals surface area contributed by atoms with Crippen molar-refractivity contribution >= 4 is 29.7 Å². The SMILES string of the molecule is COc1ccc(C(C)(C)CNC(=O)c2csc(CN)n2)cc1.Cl. The van der Waals surface area contributed by atoms with Gasteiger partial charge in [0.15, 0.2) is 0 Å². The number of nitrogens with zero attached hydrogens (tertiary/aromatic N) is 1. The number of hydrogen-bond acceptors (Lipinski definition) is 5. The molecule has 1 aromatic carbocycles. The first-order valence-corrected chi connectivity index (χ1v) is 7.91. The Labute approximate surface area is 146 Å². The van der Waals surface area contributed by atoms with Crippen molar-refractivity contribution in [3.8, 4) is 5.75 Å². The van der Waals surface area contributed by atoms with Crippen molar-refractivity contribution in [3.63, 3.8) is 0 Å². The van der Waals surface area contributed by atoms with Gasteiger partial charge in [0.25, 0.3) is 5.91 Å². The first kappa shape index (κ1) is 19.4. The lowest BCUT2D eigenvalue weighted by atomic mass is 9.84. The predicted octanol–water partition coefficient (Wildman–Crippen LogP) is 2.74. The van der Waals surface area contributed by atoms with Gasteiger partial charge in [0.05, 0.1) is 7.11 Å². The van der Waals surface area contributed by atoms with Crippen LogP contribution in [0.4, 0.5) is 0 Å². The maximum atomic E-state index is 12.1. The van der Waals surface area contributed by atoms with Gasteiger partial charge in [0.2, 0.25) is 0 Å². The van der Waals surface area contributed by atoms with Crippen molar-refractivity contribution in [2.75, 3.05) is 13.7 Å². The molecule has 0 bridgehead atoms. The molecule has 0 radical (unpaired) electrons. The summed E-state index contributed by atoms with van der Waals surface area (Å²) in [5.41, 5.74) is 6.89. The molecule has 2 aromatic rings. The molecule has 0 fully saturated rings. The largest absolute Gasteiger partial charge is 0.497 e. The van der Waals surface area contributed by atoms with E-state index in [0.717, 1.165) is 16.3 Å². The summed E-state index contributed by atoms with van der Waals surface area (Å²) in [6.07, 6.45) is 0. The number of carbonyl (C=O) groups excluding carboxylic acids is 1. The van der Waals surface area contributed by atoms with Gasteiger partial charge in [0, 0.05) is 23.9 Å². The number of halogens is 1. The molecular weight excluding hydrogens is 334 g/mol. The van der Waals surface area contributed by atoms with Crippen LogP contribution in [-0.4, -0.2) is 24.5 Å². The molecule has 0 atom stereocenters. The molecule has 0 saturated heterocycles. The molecule has 0 saturated carbocycles. The first-order valence-electron chi connectivity index (χ1n) is 7.03. The van der Waals surface area contributed by atoms with Crippen LogP contribution in [0.25, 0.3) is 0 Å². The van der Waals surface area contributed by atoms with Crippen molar-refractivity contribution < 1.29 is 9.53 Å². The zero-order valence-electron chi connectivity index (χ0n) is 13.5. The Bertz CT molecular complexity index is 641. The van der Waals surface area contributed by atoms with Gasteiger partial charge in [0.1, 0.15) is 16.5 Å². The highest BCUT2D eigenvalue weighted by molar-refractivity contribution is 7.09. The smallest absolute Gasteiger partial charge is 0.270 e. The zero-order chi connectivity index (χ0) is 16.2. The molecule has 0 aliphatic carbocycles. The fourth-order valence-electron chi connectivity index (χ4n) is 2.05. The third-order valence-electron chi connectivity index (χ3n) is 3.52. The number of benzene rings is 1. The van der Waals surface area contributed by atoms with Crippen LogP contribution in [0, 0.1) is 0 Å². The Hall–Kier alpha value is -1.63. The normalized spacial score (nSPS) is 10.8. The minimum absolute atomic E-state index is 0. The summed E-state index contributed by atoms with van der Waals surface area (Å²) in [6.45, 7) is 5.05. The van der Waals surface area contributed by atoms with Crippen LogP contribution in [0.3, 0.4) is 0 Å². The van der Waals surface area contributed by atoms with E-state index in [4.69, 9.17) is 10.5 Å². The maximum absolute atomic E-state index is 12.1. The Balaban J connectivity index is 0.00000264. The molecule has 0 unspecified atom stereocenters. The third kappa shape index (κ3) is 4.92. The van der Waals surface area contributed by atoms with E-state index >= 15 is 0 Å². The number of aromatic nitrogens is 1. The van der Waals surface area contributed by atoms with Gasteiger partial charge in [-0.3, -0.25) is 4.79 Å². The van der Waals surface area contributed by atoms with E-state index in [-0.39, 0.29) is 23.7 Å². The topological polar surface area (TPSA) is 77.2 Å². The highest BCUT2D eigenvalue weighted by Crippen LogP contribution is 2.24. The lowest BCUT2D eigenvalue weighted by Gasteiger charge is -2.25. The van der Waals surface area contributed by atoms with Crippen molar-refractivity contribution in [3.05, 3.63) is 45.9 Å². The van der Waals surface area contributed by atoms with E-state index in [1.54, 1.807) is 12.5 Å². The number of ether oxygens (including phenoxy) is 1. The summed E-state index contributed by atoms with van der Waals surface area (Å²) in [4.78, 5) is 16.3. The highest BCUT2D eigenvalue weighted by atomic mass is 35.5. The number of nitrogens with one attached hydrogen (secondary N) is 1. The molecule has 7 heteroatoms. The van der Waals surface area contributed by atoms with E-state index in [1.165, 1.54) is 11.3 Å². The lowest BCUT2D eigenvalue weighted by Crippen LogP contribution is -2.36. The number of nitrogens with two attached hydrogens (primary N) is 1. The van der Waals surface area contributed by atoms with E-state index in [9.17, 15) is 4.79 Å². The molecule has 1 heterocycles. The van der Waals surface area contributed by atoms with Crippen LogP contribution < -0.4 is 15.8 Å². The Morgan fingerprint density at radius 2 is 2.00 bits per heavy atom. The quantitative estimate of drug-likeness (QED) is 0.835. The molecule has 0 aliphatic heterocycles. The molecule has 0 aliphatic rings. The van der Waals surface area contributed by atoms with Crippen LogP contribution in [0.15, 0.2) is 29.6 Å². The van der Waals surface area contributed by atoms with Gasteiger partial charge in [-0.2, -0.15) is 0 Å². The van der Waals surface area contributed by atoms with Gasteiger partial charge in [-0.15, -0.1) is 23.7 Å². The summed E-state index contributed by atoms with van der Waals surface area (Å²) in [5.74, 6) is 0.651. The van der Waals surface area contributed by atoms with Crippen LogP contribution in [0.5, 0.6) is 5.75 Å². The number of methoxy groups -OCH3 is 1. The number of rotatable bonds is 6. The minimum Gasteiger partial charge on any atom is -0.497 e. The van der Waals surface area contributed by atoms with Crippen LogP contribution in [-0.2, 0) is 12.0 Å². The molecule has 3 N–H and O–H groups in total. The van der Waals surface area contributed by atoms with Gasteiger partial charge in [-0.05, 0) is 17.7 Å². The number of hydrogen-bond donors (Lipinski definition) is 2. The van der Waals surface area contributed by atoms with Crippen molar-refractivity contribution in [1.82, 2.24) is 10.3 Å². The van der Waals surface area contributed by atoms with Crippen molar-refractivity contribution in [1.29, 1.82) is 0 Å². The van der Waals surface area contributed by atoms with Gasteiger partial charge in [-0.25, -0.2) is 4.98 Å². The maximum Gasteiger partial charge on any atom is 0.270 e. The van der Waals surface area contributed by atoms with E-state index in [1.807, 2.05) is 24.3 Å². The summed E-state index contributed by atoms with van der Waals surface area (Å²) in [5, 5.41) is 5.43. The molecule has 1 aromatic heterocycles. The third-order valence-corrected chi connectivity index (χ3v) is 4.39. The minimum atomic E-state index is -0.186. The Kier molecular flexibility index (Phi) is 7.00. The lowest BCUT2D eigenvalue weighted by molar-refractivity contribution is 0.0941. The average Bonchev–Trinajstić information content (AvgIpc) is 3.02. The summed E-state index contributed by atoms with van der Waals surface area (Å²) < 4.78 is 5.16. The summed E-state index contributed by atoms with van der Waals surface area (Å²) in [7, 11) is 1.64. The second-order valence-electron chi connectivity index (χ2n) is 5.63. The van der Waals surface area contributed by atoms with Crippen LogP contribution >= 0.6 is 23.7 Å². The van der Waals surface area contributed by atoms with Gasteiger partial charge < -0.3 is 15.8 Å².